The molecule has 144 valence electrons. The van der Waals surface area contributed by atoms with Gasteiger partial charge in [-0.3, -0.25) is 4.79 Å². The minimum Gasteiger partial charge on any atom is -0.493 e. The van der Waals surface area contributed by atoms with E-state index in [1.165, 1.54) is 5.56 Å². The zero-order valence-electron chi connectivity index (χ0n) is 16.0. The van der Waals surface area contributed by atoms with Gasteiger partial charge in [-0.2, -0.15) is 0 Å². The third-order valence-electron chi connectivity index (χ3n) is 4.48. The maximum Gasteiger partial charge on any atom is 0.223 e. The number of ether oxygens (including phenoxy) is 2. The smallest absolute Gasteiger partial charge is 0.223 e. The van der Waals surface area contributed by atoms with E-state index in [9.17, 15) is 4.79 Å². The van der Waals surface area contributed by atoms with E-state index < -0.39 is 0 Å². The van der Waals surface area contributed by atoms with Crippen LogP contribution in [0.15, 0.2) is 84.9 Å². The Balaban J connectivity index is 1.59. The second kappa shape index (κ2) is 10.2. The van der Waals surface area contributed by atoms with E-state index in [0.29, 0.717) is 18.1 Å². The summed E-state index contributed by atoms with van der Waals surface area (Å²) in [6.07, 6.45) is 1.01. The normalized spacial score (nSPS) is 11.5. The zero-order chi connectivity index (χ0) is 19.6. The molecule has 3 rings (SSSR count). The summed E-state index contributed by atoms with van der Waals surface area (Å²) in [6.45, 7) is 0.291. The third kappa shape index (κ3) is 5.61. The highest BCUT2D eigenvalue weighted by Gasteiger charge is 2.15. The quantitative estimate of drug-likeness (QED) is 0.596. The molecule has 1 atom stereocenters. The lowest BCUT2D eigenvalue weighted by atomic mass is 9.99. The van der Waals surface area contributed by atoms with Crippen LogP contribution in [-0.4, -0.2) is 19.6 Å². The third-order valence-corrected chi connectivity index (χ3v) is 4.48. The standard InChI is InChI=1S/C24H25NO3/c1-27-22-14-8-9-15-23(22)28-17-16-24(26)25-21(20-12-6-3-7-13-20)18-19-10-4-2-5-11-19/h2-15,21H,16-18H2,1H3,(H,25,26). The van der Waals surface area contributed by atoms with Crippen molar-refractivity contribution < 1.29 is 14.3 Å². The van der Waals surface area contributed by atoms with Gasteiger partial charge in [0.15, 0.2) is 11.5 Å². The molecule has 0 aliphatic rings. The average Bonchev–Trinajstić information content (AvgIpc) is 2.75. The molecule has 1 amide bonds. The summed E-state index contributed by atoms with van der Waals surface area (Å²) in [5.41, 5.74) is 2.27. The van der Waals surface area contributed by atoms with E-state index in [4.69, 9.17) is 9.47 Å². The molecular weight excluding hydrogens is 350 g/mol. The molecule has 3 aromatic carbocycles. The van der Waals surface area contributed by atoms with Gasteiger partial charge in [-0.05, 0) is 29.7 Å². The van der Waals surface area contributed by atoms with Crippen molar-refractivity contribution in [3.8, 4) is 11.5 Å². The SMILES string of the molecule is COc1ccccc1OCCC(=O)NC(Cc1ccccc1)c1ccccc1. The average molecular weight is 375 g/mol. The molecule has 0 aliphatic carbocycles. The number of nitrogens with one attached hydrogen (secondary N) is 1. The second-order valence-corrected chi connectivity index (χ2v) is 6.47. The Hall–Kier alpha value is -3.27. The molecule has 4 nitrogen and oxygen atoms in total. The summed E-state index contributed by atoms with van der Waals surface area (Å²) in [4.78, 5) is 12.5. The molecule has 0 heterocycles. The highest BCUT2D eigenvalue weighted by molar-refractivity contribution is 5.76. The van der Waals surface area contributed by atoms with Gasteiger partial charge in [0.05, 0.1) is 26.2 Å². The number of carbonyl (C=O) groups excluding carboxylic acids is 1. The Morgan fingerprint density at radius 2 is 1.46 bits per heavy atom. The Labute approximate surface area is 166 Å². The van der Waals surface area contributed by atoms with Gasteiger partial charge in [-0.25, -0.2) is 0 Å². The summed E-state index contributed by atoms with van der Waals surface area (Å²) in [7, 11) is 1.60. The van der Waals surface area contributed by atoms with Crippen LogP contribution in [0.2, 0.25) is 0 Å². The number of methoxy groups -OCH3 is 1. The minimum atomic E-state index is -0.0811. The van der Waals surface area contributed by atoms with Crippen LogP contribution in [0, 0.1) is 0 Å². The molecule has 0 aliphatic heterocycles. The number of amides is 1. The van der Waals surface area contributed by atoms with E-state index >= 15 is 0 Å². The molecule has 0 aromatic heterocycles. The molecule has 3 aromatic rings. The van der Waals surface area contributed by atoms with Gasteiger partial charge in [-0.1, -0.05) is 72.8 Å². The van der Waals surface area contributed by atoms with E-state index in [2.05, 4.69) is 17.4 Å². The molecule has 28 heavy (non-hydrogen) atoms. The Morgan fingerprint density at radius 1 is 0.857 bits per heavy atom. The second-order valence-electron chi connectivity index (χ2n) is 6.47. The van der Waals surface area contributed by atoms with Crippen LogP contribution in [0.1, 0.15) is 23.6 Å². The fraction of sp³-hybridized carbons (Fsp3) is 0.208. The van der Waals surface area contributed by atoms with Crippen molar-refractivity contribution in [3.63, 3.8) is 0 Å². The van der Waals surface area contributed by atoms with Crippen molar-refractivity contribution in [1.82, 2.24) is 5.32 Å². The topological polar surface area (TPSA) is 47.6 Å². The number of para-hydroxylation sites is 2. The van der Waals surface area contributed by atoms with Gasteiger partial charge in [0.1, 0.15) is 0 Å². The Morgan fingerprint density at radius 3 is 2.14 bits per heavy atom. The van der Waals surface area contributed by atoms with Crippen molar-refractivity contribution in [2.75, 3.05) is 13.7 Å². The summed E-state index contributed by atoms with van der Waals surface area (Å²) in [6, 6.07) is 27.6. The highest BCUT2D eigenvalue weighted by atomic mass is 16.5. The van der Waals surface area contributed by atoms with Crippen molar-refractivity contribution in [1.29, 1.82) is 0 Å². The van der Waals surface area contributed by atoms with Gasteiger partial charge >= 0.3 is 0 Å². The van der Waals surface area contributed by atoms with Gasteiger partial charge in [0.25, 0.3) is 0 Å². The molecule has 0 radical (unpaired) electrons. The lowest BCUT2D eigenvalue weighted by molar-refractivity contribution is -0.122. The first kappa shape index (κ1) is 19.5. The van der Waals surface area contributed by atoms with Crippen molar-refractivity contribution >= 4 is 5.91 Å². The first-order valence-electron chi connectivity index (χ1n) is 9.40. The predicted octanol–water partition coefficient (Wildman–Crippen LogP) is 4.56. The van der Waals surface area contributed by atoms with E-state index in [0.717, 1.165) is 12.0 Å². The number of carbonyl (C=O) groups is 1. The predicted molar refractivity (Wildman–Crippen MR) is 111 cm³/mol. The van der Waals surface area contributed by atoms with Crippen molar-refractivity contribution in [3.05, 3.63) is 96.1 Å². The van der Waals surface area contributed by atoms with Crippen LogP contribution in [-0.2, 0) is 11.2 Å². The van der Waals surface area contributed by atoms with Crippen molar-refractivity contribution in [2.24, 2.45) is 0 Å². The molecule has 0 fully saturated rings. The first-order valence-corrected chi connectivity index (χ1v) is 9.40. The van der Waals surface area contributed by atoms with Crippen LogP contribution >= 0.6 is 0 Å². The van der Waals surface area contributed by atoms with Gasteiger partial charge < -0.3 is 14.8 Å². The number of hydrogen-bond donors (Lipinski definition) is 1. The molecule has 0 spiro atoms. The minimum absolute atomic E-state index is 0.0420. The maximum absolute atomic E-state index is 12.5. The van der Waals surface area contributed by atoms with Crippen LogP contribution in [0.4, 0.5) is 0 Å². The molecular formula is C24H25NO3. The zero-order valence-corrected chi connectivity index (χ0v) is 16.0. The van der Waals surface area contributed by atoms with Gasteiger partial charge in [0.2, 0.25) is 5.91 Å². The lowest BCUT2D eigenvalue weighted by Crippen LogP contribution is -2.31. The monoisotopic (exact) mass is 375 g/mol. The maximum atomic E-state index is 12.5. The largest absolute Gasteiger partial charge is 0.493 e. The summed E-state index contributed by atoms with van der Waals surface area (Å²) in [5, 5.41) is 3.15. The fourth-order valence-electron chi connectivity index (χ4n) is 3.05. The van der Waals surface area contributed by atoms with Crippen LogP contribution < -0.4 is 14.8 Å². The molecule has 0 saturated carbocycles. The summed E-state index contributed by atoms with van der Waals surface area (Å²) in [5.74, 6) is 1.26. The van der Waals surface area contributed by atoms with E-state index in [1.807, 2.05) is 72.8 Å². The van der Waals surface area contributed by atoms with Gasteiger partial charge in [-0.15, -0.1) is 0 Å². The molecule has 1 unspecified atom stereocenters. The molecule has 0 bridgehead atoms. The summed E-state index contributed by atoms with van der Waals surface area (Å²) < 4.78 is 11.0. The molecule has 4 heteroatoms. The van der Waals surface area contributed by atoms with E-state index in [1.54, 1.807) is 7.11 Å². The van der Waals surface area contributed by atoms with Crippen LogP contribution in [0.25, 0.3) is 0 Å². The number of benzene rings is 3. The number of rotatable bonds is 9. The first-order chi connectivity index (χ1) is 13.8. The summed E-state index contributed by atoms with van der Waals surface area (Å²) >= 11 is 0. The van der Waals surface area contributed by atoms with Crippen molar-refractivity contribution in [2.45, 2.75) is 18.9 Å². The Bertz CT molecular complexity index is 865. The number of hydrogen-bond acceptors (Lipinski definition) is 3. The Kier molecular flexibility index (Phi) is 7.08. The fourth-order valence-corrected chi connectivity index (χ4v) is 3.05. The highest BCUT2D eigenvalue weighted by Crippen LogP contribution is 2.25. The molecule has 0 saturated heterocycles. The van der Waals surface area contributed by atoms with Gasteiger partial charge in [0, 0.05) is 0 Å². The van der Waals surface area contributed by atoms with Crippen LogP contribution in [0.3, 0.4) is 0 Å². The lowest BCUT2D eigenvalue weighted by Gasteiger charge is -2.20. The van der Waals surface area contributed by atoms with Crippen LogP contribution in [0.5, 0.6) is 11.5 Å². The van der Waals surface area contributed by atoms with E-state index in [-0.39, 0.29) is 18.4 Å². The molecule has 1 N–H and O–H groups in total.